The van der Waals surface area contributed by atoms with Gasteiger partial charge in [-0.3, -0.25) is 4.79 Å². The molecule has 1 amide bonds. The molecule has 9 nitrogen and oxygen atoms in total. The van der Waals surface area contributed by atoms with Gasteiger partial charge in [0.2, 0.25) is 11.9 Å². The number of sulfonamides is 1. The van der Waals surface area contributed by atoms with Crippen LogP contribution in [0, 0.1) is 6.92 Å². The maximum atomic E-state index is 12.1. The number of nitrogens with zero attached hydrogens (tertiary/aromatic N) is 3. The fraction of sp³-hybridized carbons (Fsp3) is 0.125. The lowest BCUT2D eigenvalue weighted by Gasteiger charge is -2.09. The molecule has 27 heavy (non-hydrogen) atoms. The van der Waals surface area contributed by atoms with Crippen molar-refractivity contribution in [1.82, 2.24) is 19.7 Å². The Bertz CT molecular complexity index is 1110. The minimum absolute atomic E-state index is 0.0510. The largest absolute Gasteiger partial charge is 0.375 e. The molecule has 0 aliphatic heterocycles. The summed E-state index contributed by atoms with van der Waals surface area (Å²) in [4.78, 5) is 24.6. The van der Waals surface area contributed by atoms with E-state index in [1.807, 2.05) is 11.6 Å². The number of carbonyl (C=O) groups is 1. The molecule has 11 heteroatoms. The number of hydrogen-bond donors (Lipinski definition) is 3. The molecule has 0 aliphatic rings. The first-order valence-corrected chi connectivity index (χ1v) is 10.0. The van der Waals surface area contributed by atoms with E-state index in [1.165, 1.54) is 23.5 Å². The highest BCUT2D eigenvalue weighted by atomic mass is 32.2. The van der Waals surface area contributed by atoms with E-state index in [4.69, 9.17) is 5.73 Å². The van der Waals surface area contributed by atoms with E-state index in [1.54, 1.807) is 24.4 Å². The molecule has 0 atom stereocenters. The molecule has 2 aromatic heterocycles. The van der Waals surface area contributed by atoms with Gasteiger partial charge in [-0.2, -0.15) is 0 Å². The Balaban J connectivity index is 1.88. The first-order valence-electron chi connectivity index (χ1n) is 7.71. The summed E-state index contributed by atoms with van der Waals surface area (Å²) in [6.45, 7) is 2.97. The smallest absolute Gasteiger partial charge is 0.264 e. The van der Waals surface area contributed by atoms with Gasteiger partial charge in [0.25, 0.3) is 10.0 Å². The standard InChI is InChI=1S/C16H16N6O3S2/c1-9-14(26-15(17)19-9)13-6-7-18-16(21-13)20-11-4-3-5-12(8-11)27(24,25)22-10(2)23/h3-8H,1-2H3,(H2,17,19)(H,22,23)(H,18,20,21). The lowest BCUT2D eigenvalue weighted by Crippen LogP contribution is -2.28. The number of carbonyl (C=O) groups excluding carboxylic acids is 1. The molecule has 140 valence electrons. The van der Waals surface area contributed by atoms with Crippen LogP contribution in [-0.4, -0.2) is 29.3 Å². The van der Waals surface area contributed by atoms with Gasteiger partial charge >= 0.3 is 0 Å². The number of rotatable bonds is 5. The van der Waals surface area contributed by atoms with Crippen molar-refractivity contribution in [3.63, 3.8) is 0 Å². The maximum absolute atomic E-state index is 12.1. The first-order chi connectivity index (χ1) is 12.7. The van der Waals surface area contributed by atoms with E-state index in [-0.39, 0.29) is 10.8 Å². The molecular formula is C16H16N6O3S2. The Labute approximate surface area is 159 Å². The molecular weight excluding hydrogens is 388 g/mol. The van der Waals surface area contributed by atoms with Crippen molar-refractivity contribution in [2.45, 2.75) is 18.7 Å². The molecule has 0 bridgehead atoms. The normalized spacial score (nSPS) is 11.2. The number of nitrogens with two attached hydrogens (primary N) is 1. The molecule has 0 spiro atoms. The highest BCUT2D eigenvalue weighted by Crippen LogP contribution is 2.30. The summed E-state index contributed by atoms with van der Waals surface area (Å²) in [5, 5.41) is 3.41. The summed E-state index contributed by atoms with van der Waals surface area (Å²) in [6, 6.07) is 7.73. The SMILES string of the molecule is CC(=O)NS(=O)(=O)c1cccc(Nc2nccc(-c3sc(N)nc3C)n2)c1. The zero-order chi connectivity index (χ0) is 19.6. The highest BCUT2D eigenvalue weighted by Gasteiger charge is 2.16. The summed E-state index contributed by atoms with van der Waals surface area (Å²) in [7, 11) is -3.93. The molecule has 3 aromatic rings. The molecule has 1 aromatic carbocycles. The maximum Gasteiger partial charge on any atom is 0.264 e. The van der Waals surface area contributed by atoms with Gasteiger partial charge in [0.1, 0.15) is 0 Å². The second-order valence-corrected chi connectivity index (χ2v) is 8.26. The number of aromatic nitrogens is 3. The third kappa shape index (κ3) is 4.38. The number of benzene rings is 1. The second kappa shape index (κ2) is 7.29. The van der Waals surface area contributed by atoms with E-state index in [2.05, 4.69) is 20.3 Å². The van der Waals surface area contributed by atoms with Crippen LogP contribution in [0.1, 0.15) is 12.6 Å². The van der Waals surface area contributed by atoms with Gasteiger partial charge in [0.15, 0.2) is 5.13 Å². The predicted molar refractivity (Wildman–Crippen MR) is 103 cm³/mol. The Morgan fingerprint density at radius 1 is 1.22 bits per heavy atom. The van der Waals surface area contributed by atoms with Crippen molar-refractivity contribution >= 4 is 44.0 Å². The molecule has 4 N–H and O–H groups in total. The van der Waals surface area contributed by atoms with E-state index >= 15 is 0 Å². The Morgan fingerprint density at radius 3 is 2.67 bits per heavy atom. The summed E-state index contributed by atoms with van der Waals surface area (Å²) < 4.78 is 26.2. The zero-order valence-corrected chi connectivity index (χ0v) is 16.1. The first kappa shape index (κ1) is 18.7. The quantitative estimate of drug-likeness (QED) is 0.587. The van der Waals surface area contributed by atoms with Gasteiger partial charge in [0, 0.05) is 18.8 Å². The van der Waals surface area contributed by atoms with Gasteiger partial charge in [-0.1, -0.05) is 17.4 Å². The van der Waals surface area contributed by atoms with Gasteiger partial charge in [-0.25, -0.2) is 28.1 Å². The minimum atomic E-state index is -3.93. The predicted octanol–water partition coefficient (Wildman–Crippen LogP) is 2.06. The van der Waals surface area contributed by atoms with Crippen molar-refractivity contribution < 1.29 is 13.2 Å². The summed E-state index contributed by atoms with van der Waals surface area (Å²) in [5.74, 6) is -0.378. The number of nitrogen functional groups attached to an aromatic ring is 1. The van der Waals surface area contributed by atoms with Crippen LogP contribution in [0.5, 0.6) is 0 Å². The van der Waals surface area contributed by atoms with Gasteiger partial charge in [-0.05, 0) is 31.2 Å². The monoisotopic (exact) mass is 404 g/mol. The Morgan fingerprint density at radius 2 is 2.00 bits per heavy atom. The van der Waals surface area contributed by atoms with Crippen LogP contribution in [0.4, 0.5) is 16.8 Å². The molecule has 2 heterocycles. The summed E-state index contributed by atoms with van der Waals surface area (Å²) in [5.41, 5.74) is 7.61. The Kier molecular flexibility index (Phi) is 5.06. The van der Waals surface area contributed by atoms with Crippen molar-refractivity contribution in [2.24, 2.45) is 0 Å². The van der Waals surface area contributed by atoms with Crippen molar-refractivity contribution in [1.29, 1.82) is 0 Å². The molecule has 0 aliphatic carbocycles. The number of aryl methyl sites for hydroxylation is 1. The lowest BCUT2D eigenvalue weighted by atomic mass is 10.3. The van der Waals surface area contributed by atoms with Crippen LogP contribution in [0.2, 0.25) is 0 Å². The number of amides is 1. The van der Waals surface area contributed by atoms with Crippen molar-refractivity contribution in [3.8, 4) is 10.6 Å². The topological polar surface area (TPSA) is 140 Å². The van der Waals surface area contributed by atoms with Gasteiger partial charge in [-0.15, -0.1) is 0 Å². The number of thiazole rings is 1. The fourth-order valence-electron chi connectivity index (χ4n) is 2.32. The Hall–Kier alpha value is -3.05. The van der Waals surface area contributed by atoms with Crippen LogP contribution >= 0.6 is 11.3 Å². The van der Waals surface area contributed by atoms with Crippen molar-refractivity contribution in [2.75, 3.05) is 11.1 Å². The van der Waals surface area contributed by atoms with E-state index < -0.39 is 15.9 Å². The summed E-state index contributed by atoms with van der Waals surface area (Å²) in [6.07, 6.45) is 1.58. The van der Waals surface area contributed by atoms with Crippen molar-refractivity contribution in [3.05, 3.63) is 42.2 Å². The average molecular weight is 404 g/mol. The van der Waals surface area contributed by atoms with Crippen LogP contribution in [-0.2, 0) is 14.8 Å². The fourth-order valence-corrected chi connectivity index (χ4v) is 4.16. The third-order valence-corrected chi connectivity index (χ3v) is 5.82. The molecule has 0 radical (unpaired) electrons. The molecule has 0 unspecified atom stereocenters. The lowest BCUT2D eigenvalue weighted by molar-refractivity contribution is -0.117. The third-order valence-electron chi connectivity index (χ3n) is 3.38. The van der Waals surface area contributed by atoms with Crippen LogP contribution in [0.25, 0.3) is 10.6 Å². The molecule has 0 saturated carbocycles. The summed E-state index contributed by atoms with van der Waals surface area (Å²) >= 11 is 1.32. The van der Waals surface area contributed by atoms with Gasteiger partial charge < -0.3 is 11.1 Å². The minimum Gasteiger partial charge on any atom is -0.375 e. The molecule has 0 saturated heterocycles. The van der Waals surface area contributed by atoms with Crippen LogP contribution in [0.3, 0.4) is 0 Å². The van der Waals surface area contributed by atoms with Crippen LogP contribution < -0.4 is 15.8 Å². The highest BCUT2D eigenvalue weighted by molar-refractivity contribution is 7.90. The van der Waals surface area contributed by atoms with E-state index in [9.17, 15) is 13.2 Å². The van der Waals surface area contributed by atoms with E-state index in [0.29, 0.717) is 16.5 Å². The average Bonchev–Trinajstić information content (AvgIpc) is 2.93. The number of anilines is 3. The van der Waals surface area contributed by atoms with E-state index in [0.717, 1.165) is 17.5 Å². The number of hydrogen-bond acceptors (Lipinski definition) is 9. The second-order valence-electron chi connectivity index (χ2n) is 5.55. The molecule has 3 rings (SSSR count). The van der Waals surface area contributed by atoms with Crippen LogP contribution in [0.15, 0.2) is 41.4 Å². The number of nitrogens with one attached hydrogen (secondary N) is 2. The molecule has 0 fully saturated rings. The zero-order valence-electron chi connectivity index (χ0n) is 14.4. The van der Waals surface area contributed by atoms with Gasteiger partial charge in [0.05, 0.1) is 21.2 Å².